The lowest BCUT2D eigenvalue weighted by atomic mass is 10.2. The van der Waals surface area contributed by atoms with Crippen LogP contribution in [0.4, 0.5) is 5.82 Å². The first-order valence-electron chi connectivity index (χ1n) is 6.90. The lowest BCUT2D eigenvalue weighted by Crippen LogP contribution is -2.52. The third-order valence-corrected chi connectivity index (χ3v) is 3.64. The minimum Gasteiger partial charge on any atom is -0.350 e. The maximum atomic E-state index is 12.3. The molecule has 0 aliphatic carbocycles. The highest BCUT2D eigenvalue weighted by atomic mass is 16.5. The molecule has 2 aromatic rings. The molecule has 21 heavy (non-hydrogen) atoms. The number of anilines is 1. The van der Waals surface area contributed by atoms with Gasteiger partial charge < -0.3 is 10.1 Å². The molecule has 0 unspecified atom stereocenters. The fourth-order valence-corrected chi connectivity index (χ4v) is 2.49. The standard InChI is InChI=1S/C15H17N4O2/c20-15(13-4-6-16-7-5-13)18-11-9-17(10-12-18)14-3-1-2-8-19(14)21/h1-8,21H,9-12H2/q+1. The second-order valence-electron chi connectivity index (χ2n) is 4.92. The average Bonchev–Trinajstić information content (AvgIpc) is 2.56. The van der Waals surface area contributed by atoms with Crippen LogP contribution in [0.1, 0.15) is 10.4 Å². The summed E-state index contributed by atoms with van der Waals surface area (Å²) in [6.07, 6.45) is 4.86. The lowest BCUT2D eigenvalue weighted by Gasteiger charge is -2.31. The number of piperazine rings is 1. The molecule has 0 spiro atoms. The summed E-state index contributed by atoms with van der Waals surface area (Å²) in [6.45, 7) is 2.66. The monoisotopic (exact) mass is 285 g/mol. The SMILES string of the molecule is O=C(c1ccncc1)N1CCN(c2cccc[n+]2O)CC1. The molecule has 1 aliphatic rings. The Morgan fingerprint density at radius 3 is 2.48 bits per heavy atom. The third kappa shape index (κ3) is 2.79. The molecule has 3 rings (SSSR count). The van der Waals surface area contributed by atoms with Crippen LogP contribution in [0.2, 0.25) is 0 Å². The number of rotatable bonds is 2. The highest BCUT2D eigenvalue weighted by molar-refractivity contribution is 5.94. The number of carbonyl (C=O) groups excluding carboxylic acids is 1. The zero-order valence-corrected chi connectivity index (χ0v) is 11.6. The summed E-state index contributed by atoms with van der Waals surface area (Å²) >= 11 is 0. The predicted molar refractivity (Wildman–Crippen MR) is 76.2 cm³/mol. The molecule has 6 nitrogen and oxygen atoms in total. The van der Waals surface area contributed by atoms with Gasteiger partial charge in [-0.15, -0.1) is 0 Å². The molecule has 0 aromatic carbocycles. The quantitative estimate of drug-likeness (QED) is 0.647. The van der Waals surface area contributed by atoms with Gasteiger partial charge in [0, 0.05) is 24.0 Å². The number of aromatic nitrogens is 2. The van der Waals surface area contributed by atoms with E-state index in [1.807, 2.05) is 17.0 Å². The second-order valence-corrected chi connectivity index (χ2v) is 4.92. The number of nitrogens with zero attached hydrogens (tertiary/aromatic N) is 4. The van der Waals surface area contributed by atoms with Crippen molar-refractivity contribution in [1.29, 1.82) is 0 Å². The van der Waals surface area contributed by atoms with Gasteiger partial charge in [-0.3, -0.25) is 14.7 Å². The summed E-state index contributed by atoms with van der Waals surface area (Å²) in [4.78, 5) is 20.2. The van der Waals surface area contributed by atoms with Crippen LogP contribution in [0.5, 0.6) is 0 Å². The highest BCUT2D eigenvalue weighted by Gasteiger charge is 2.28. The van der Waals surface area contributed by atoms with E-state index in [1.165, 1.54) is 0 Å². The van der Waals surface area contributed by atoms with Crippen molar-refractivity contribution >= 4 is 11.7 Å². The molecular formula is C15H17N4O2+. The van der Waals surface area contributed by atoms with Gasteiger partial charge in [-0.05, 0) is 18.2 Å². The Hall–Kier alpha value is -2.63. The van der Waals surface area contributed by atoms with Crippen molar-refractivity contribution in [2.45, 2.75) is 0 Å². The van der Waals surface area contributed by atoms with Gasteiger partial charge in [0.25, 0.3) is 5.91 Å². The van der Waals surface area contributed by atoms with Crippen LogP contribution < -0.4 is 9.63 Å². The van der Waals surface area contributed by atoms with Crippen LogP contribution in [0.25, 0.3) is 0 Å². The van der Waals surface area contributed by atoms with Crippen molar-refractivity contribution in [3.63, 3.8) is 0 Å². The van der Waals surface area contributed by atoms with Crippen molar-refractivity contribution in [2.24, 2.45) is 0 Å². The van der Waals surface area contributed by atoms with Gasteiger partial charge in [0.2, 0.25) is 0 Å². The van der Waals surface area contributed by atoms with Gasteiger partial charge in [0.15, 0.2) is 0 Å². The lowest BCUT2D eigenvalue weighted by molar-refractivity contribution is -0.894. The van der Waals surface area contributed by atoms with Crippen LogP contribution in [0.15, 0.2) is 48.9 Å². The van der Waals surface area contributed by atoms with Crippen LogP contribution in [0, 0.1) is 0 Å². The van der Waals surface area contributed by atoms with E-state index in [-0.39, 0.29) is 5.91 Å². The van der Waals surface area contributed by atoms with E-state index in [2.05, 4.69) is 9.88 Å². The van der Waals surface area contributed by atoms with E-state index < -0.39 is 0 Å². The number of hydrogen-bond donors (Lipinski definition) is 1. The molecule has 1 saturated heterocycles. The van der Waals surface area contributed by atoms with Gasteiger partial charge in [-0.2, -0.15) is 0 Å². The summed E-state index contributed by atoms with van der Waals surface area (Å²) in [5.74, 6) is 0.774. The first-order valence-corrected chi connectivity index (χ1v) is 6.90. The maximum absolute atomic E-state index is 12.3. The van der Waals surface area contributed by atoms with Gasteiger partial charge in [-0.1, -0.05) is 10.8 Å². The number of amides is 1. The molecule has 1 N–H and O–H groups in total. The third-order valence-electron chi connectivity index (χ3n) is 3.64. The molecule has 0 saturated carbocycles. The Morgan fingerprint density at radius 2 is 1.81 bits per heavy atom. The summed E-state index contributed by atoms with van der Waals surface area (Å²) < 4.78 is 1.11. The maximum Gasteiger partial charge on any atom is 0.316 e. The van der Waals surface area contributed by atoms with Gasteiger partial charge >= 0.3 is 5.82 Å². The largest absolute Gasteiger partial charge is 0.350 e. The molecule has 2 aromatic heterocycles. The molecule has 0 bridgehead atoms. The Kier molecular flexibility index (Phi) is 3.68. The molecule has 0 radical (unpaired) electrons. The second kappa shape index (κ2) is 5.78. The van der Waals surface area contributed by atoms with Crippen molar-refractivity contribution < 1.29 is 14.7 Å². The Bertz CT molecular complexity index is 625. The van der Waals surface area contributed by atoms with Crippen LogP contribution >= 0.6 is 0 Å². The molecule has 0 atom stereocenters. The zero-order valence-electron chi connectivity index (χ0n) is 11.6. The summed E-state index contributed by atoms with van der Waals surface area (Å²) in [7, 11) is 0. The summed E-state index contributed by atoms with van der Waals surface area (Å²) in [5, 5.41) is 9.80. The summed E-state index contributed by atoms with van der Waals surface area (Å²) in [5.41, 5.74) is 0.662. The first kappa shape index (κ1) is 13.4. The average molecular weight is 285 g/mol. The van der Waals surface area contributed by atoms with Crippen molar-refractivity contribution in [1.82, 2.24) is 9.88 Å². The Morgan fingerprint density at radius 1 is 1.10 bits per heavy atom. The predicted octanol–water partition coefficient (Wildman–Crippen LogP) is 0.569. The Labute approximate surface area is 122 Å². The van der Waals surface area contributed by atoms with E-state index in [1.54, 1.807) is 36.8 Å². The normalized spacial score (nSPS) is 15.0. The van der Waals surface area contributed by atoms with Crippen LogP contribution in [-0.4, -0.2) is 47.2 Å². The fraction of sp³-hybridized carbons (Fsp3) is 0.267. The first-order chi connectivity index (χ1) is 10.3. The van der Waals surface area contributed by atoms with Crippen LogP contribution in [0.3, 0.4) is 0 Å². The van der Waals surface area contributed by atoms with E-state index in [0.29, 0.717) is 31.7 Å². The number of hydrogen-bond acceptors (Lipinski definition) is 4. The van der Waals surface area contributed by atoms with E-state index in [4.69, 9.17) is 0 Å². The van der Waals surface area contributed by atoms with Crippen LogP contribution in [-0.2, 0) is 0 Å². The topological polar surface area (TPSA) is 60.6 Å². The van der Waals surface area contributed by atoms with Gasteiger partial charge in [0.1, 0.15) is 19.3 Å². The van der Waals surface area contributed by atoms with Gasteiger partial charge in [0.05, 0.1) is 13.1 Å². The smallest absolute Gasteiger partial charge is 0.316 e. The van der Waals surface area contributed by atoms with Crippen molar-refractivity contribution in [2.75, 3.05) is 31.1 Å². The van der Waals surface area contributed by atoms with E-state index >= 15 is 0 Å². The minimum atomic E-state index is 0.0296. The zero-order chi connectivity index (χ0) is 14.7. The summed E-state index contributed by atoms with van der Waals surface area (Å²) in [6, 6.07) is 8.98. The molecule has 1 aliphatic heterocycles. The molecular weight excluding hydrogens is 268 g/mol. The van der Waals surface area contributed by atoms with Crippen molar-refractivity contribution in [3.8, 4) is 0 Å². The van der Waals surface area contributed by atoms with E-state index in [9.17, 15) is 10.0 Å². The number of carbonyl (C=O) groups is 1. The molecule has 108 valence electrons. The number of pyridine rings is 2. The molecule has 1 fully saturated rings. The molecule has 6 heteroatoms. The molecule has 3 heterocycles. The van der Waals surface area contributed by atoms with E-state index in [0.717, 1.165) is 10.5 Å². The van der Waals surface area contributed by atoms with Gasteiger partial charge in [-0.25, -0.2) is 0 Å². The Balaban J connectivity index is 1.66. The molecule has 1 amide bonds. The fourth-order valence-electron chi connectivity index (χ4n) is 2.49. The highest BCUT2D eigenvalue weighted by Crippen LogP contribution is 2.13. The van der Waals surface area contributed by atoms with Crippen molar-refractivity contribution in [3.05, 3.63) is 54.5 Å². The minimum absolute atomic E-state index is 0.0296.